The number of ether oxygens (including phenoxy) is 1. The summed E-state index contributed by atoms with van der Waals surface area (Å²) in [4.78, 5) is 75.1. The van der Waals surface area contributed by atoms with Gasteiger partial charge in [-0.1, -0.05) is 18.2 Å². The number of imide groups is 2. The molecule has 5 amide bonds. The van der Waals surface area contributed by atoms with E-state index in [1.165, 1.54) is 32.4 Å². The molecule has 0 aliphatic carbocycles. The topological polar surface area (TPSA) is 169 Å². The van der Waals surface area contributed by atoms with E-state index in [1.54, 1.807) is 24.3 Å². The van der Waals surface area contributed by atoms with Crippen LogP contribution in [0.3, 0.4) is 0 Å². The number of para-hydroxylation sites is 1. The van der Waals surface area contributed by atoms with Gasteiger partial charge in [-0.2, -0.15) is 13.2 Å². The number of aromatic nitrogens is 1. The second-order valence-electron chi connectivity index (χ2n) is 15.7. The van der Waals surface area contributed by atoms with Crippen LogP contribution in [0.5, 0.6) is 5.75 Å². The summed E-state index contributed by atoms with van der Waals surface area (Å²) in [5.74, 6) is -1.88. The fraction of sp³-hybridized carbons (Fsp3) is 0.364. The van der Waals surface area contributed by atoms with Crippen LogP contribution < -0.4 is 30.9 Å². The fourth-order valence-electron chi connectivity index (χ4n) is 8.69. The molecule has 8 rings (SSSR count). The van der Waals surface area contributed by atoms with Gasteiger partial charge in [0.1, 0.15) is 17.6 Å². The van der Waals surface area contributed by atoms with E-state index in [9.17, 15) is 37.1 Å². The third-order valence-corrected chi connectivity index (χ3v) is 12.0. The number of carbonyl (C=O) groups is 5. The van der Waals surface area contributed by atoms with Crippen molar-refractivity contribution >= 4 is 58.1 Å². The van der Waals surface area contributed by atoms with Gasteiger partial charge in [-0.15, -0.1) is 0 Å². The predicted molar refractivity (Wildman–Crippen MR) is 224 cm³/mol. The Bertz CT molecular complexity index is 2410. The van der Waals surface area contributed by atoms with Crippen LogP contribution in [-0.4, -0.2) is 115 Å². The summed E-state index contributed by atoms with van der Waals surface area (Å²) in [5, 5.41) is 10.6. The highest BCUT2D eigenvalue weighted by Crippen LogP contribution is 2.39. The second-order valence-corrected chi connectivity index (χ2v) is 15.7. The number of nitrogens with one attached hydrogen (secondary N) is 4. The Kier molecular flexibility index (Phi) is 11.9. The van der Waals surface area contributed by atoms with Crippen molar-refractivity contribution in [2.24, 2.45) is 0 Å². The lowest BCUT2D eigenvalue weighted by molar-refractivity contribution is -0.137. The Morgan fingerprint density at radius 2 is 1.58 bits per heavy atom. The van der Waals surface area contributed by atoms with Gasteiger partial charge in [0.2, 0.25) is 11.8 Å². The van der Waals surface area contributed by atoms with E-state index in [0.29, 0.717) is 24.0 Å². The molecule has 4 aliphatic heterocycles. The van der Waals surface area contributed by atoms with Crippen molar-refractivity contribution in [3.63, 3.8) is 0 Å². The molecular formula is C44H46F3N9O6. The SMILES string of the molecule is CNC(=O)c1ccccc1Nc1cc(Nc2ccc(N3CCC(N4CCN(Cc5ccc6c(c5)C(=O)N(C5CCC(=O)NC5=O)C6=O)CC4)CC3)cc2OC)ncc1C(F)(F)F. The molecule has 0 bridgehead atoms. The lowest BCUT2D eigenvalue weighted by atomic mass is 10.0. The molecule has 4 aromatic rings. The number of carbonyl (C=O) groups excluding carboxylic acids is 5. The maximum Gasteiger partial charge on any atom is 0.419 e. The number of rotatable bonds is 11. The fourth-order valence-corrected chi connectivity index (χ4v) is 8.69. The molecule has 62 heavy (non-hydrogen) atoms. The maximum atomic E-state index is 14.1. The first kappa shape index (κ1) is 42.2. The molecule has 5 heterocycles. The van der Waals surface area contributed by atoms with Crippen molar-refractivity contribution < 1.29 is 41.9 Å². The van der Waals surface area contributed by atoms with Crippen LogP contribution in [0, 0.1) is 0 Å². The molecular weight excluding hydrogens is 808 g/mol. The minimum Gasteiger partial charge on any atom is -0.494 e. The zero-order valence-corrected chi connectivity index (χ0v) is 34.2. The Labute approximate surface area is 355 Å². The van der Waals surface area contributed by atoms with Gasteiger partial charge in [0.15, 0.2) is 0 Å². The van der Waals surface area contributed by atoms with E-state index in [4.69, 9.17) is 4.74 Å². The first-order valence-corrected chi connectivity index (χ1v) is 20.5. The molecule has 15 nitrogen and oxygen atoms in total. The molecule has 1 aromatic heterocycles. The summed E-state index contributed by atoms with van der Waals surface area (Å²) in [7, 11) is 2.97. The highest BCUT2D eigenvalue weighted by molar-refractivity contribution is 6.23. The number of methoxy groups -OCH3 is 1. The summed E-state index contributed by atoms with van der Waals surface area (Å²) in [6.45, 7) is 5.73. The molecule has 4 N–H and O–H groups in total. The number of alkyl halides is 3. The van der Waals surface area contributed by atoms with E-state index in [2.05, 4.69) is 41.0 Å². The molecule has 1 unspecified atom stereocenters. The van der Waals surface area contributed by atoms with E-state index in [-0.39, 0.29) is 46.7 Å². The van der Waals surface area contributed by atoms with Gasteiger partial charge in [0.05, 0.1) is 46.4 Å². The molecule has 3 saturated heterocycles. The molecule has 0 spiro atoms. The van der Waals surface area contributed by atoms with Crippen molar-refractivity contribution in [2.45, 2.75) is 50.5 Å². The van der Waals surface area contributed by atoms with E-state index in [0.717, 1.165) is 74.5 Å². The molecule has 324 valence electrons. The van der Waals surface area contributed by atoms with Gasteiger partial charge in [-0.05, 0) is 61.2 Å². The first-order valence-electron chi connectivity index (χ1n) is 20.5. The molecule has 3 fully saturated rings. The molecule has 3 aromatic carbocycles. The molecule has 18 heteroatoms. The number of piperidine rings is 2. The maximum absolute atomic E-state index is 14.1. The number of hydrogen-bond donors (Lipinski definition) is 4. The number of benzene rings is 3. The normalized spacial score (nSPS) is 19.0. The van der Waals surface area contributed by atoms with Crippen LogP contribution in [0.2, 0.25) is 0 Å². The van der Waals surface area contributed by atoms with Crippen LogP contribution >= 0.6 is 0 Å². The van der Waals surface area contributed by atoms with Crippen LogP contribution in [0.15, 0.2) is 72.9 Å². The van der Waals surface area contributed by atoms with Gasteiger partial charge < -0.3 is 25.6 Å². The number of amides is 5. The Balaban J connectivity index is 0.853. The van der Waals surface area contributed by atoms with Crippen LogP contribution in [0.4, 0.5) is 41.7 Å². The van der Waals surface area contributed by atoms with Gasteiger partial charge in [0.25, 0.3) is 17.7 Å². The van der Waals surface area contributed by atoms with Crippen molar-refractivity contribution in [1.82, 2.24) is 30.3 Å². The van der Waals surface area contributed by atoms with Crippen LogP contribution in [0.25, 0.3) is 0 Å². The predicted octanol–water partition coefficient (Wildman–Crippen LogP) is 5.14. The third kappa shape index (κ3) is 8.65. The summed E-state index contributed by atoms with van der Waals surface area (Å²) >= 11 is 0. The van der Waals surface area contributed by atoms with Crippen molar-refractivity contribution in [3.8, 4) is 5.75 Å². The first-order chi connectivity index (χ1) is 29.8. The number of hydrogen-bond acceptors (Lipinski definition) is 12. The summed E-state index contributed by atoms with van der Waals surface area (Å²) in [5.41, 5.74) is 2.07. The van der Waals surface area contributed by atoms with Gasteiger partial charge in [-0.3, -0.25) is 44.0 Å². The number of anilines is 5. The number of pyridine rings is 1. The summed E-state index contributed by atoms with van der Waals surface area (Å²) < 4.78 is 47.9. The average Bonchev–Trinajstić information content (AvgIpc) is 3.51. The van der Waals surface area contributed by atoms with E-state index < -0.39 is 47.3 Å². The number of piperazine rings is 1. The van der Waals surface area contributed by atoms with Gasteiger partial charge >= 0.3 is 6.18 Å². The molecule has 4 aliphatic rings. The number of nitrogens with zero attached hydrogens (tertiary/aromatic N) is 5. The lowest BCUT2D eigenvalue weighted by Crippen LogP contribution is -2.54. The molecule has 0 saturated carbocycles. The highest BCUT2D eigenvalue weighted by atomic mass is 19.4. The largest absolute Gasteiger partial charge is 0.494 e. The molecule has 1 atom stereocenters. The lowest BCUT2D eigenvalue weighted by Gasteiger charge is -2.43. The molecule has 0 radical (unpaired) electrons. The average molecular weight is 854 g/mol. The Morgan fingerprint density at radius 3 is 2.29 bits per heavy atom. The van der Waals surface area contributed by atoms with Crippen molar-refractivity contribution in [1.29, 1.82) is 0 Å². The zero-order chi connectivity index (χ0) is 43.7. The minimum absolute atomic E-state index is 0.0703. The highest BCUT2D eigenvalue weighted by Gasteiger charge is 2.45. The number of halogens is 3. The van der Waals surface area contributed by atoms with Crippen molar-refractivity contribution in [3.05, 3.63) is 101 Å². The smallest absolute Gasteiger partial charge is 0.419 e. The van der Waals surface area contributed by atoms with Gasteiger partial charge in [0, 0.05) is 89.3 Å². The van der Waals surface area contributed by atoms with Crippen LogP contribution in [0.1, 0.15) is 67.9 Å². The summed E-state index contributed by atoms with van der Waals surface area (Å²) in [6.07, 6.45) is -1.85. The van der Waals surface area contributed by atoms with E-state index >= 15 is 0 Å². The Hall–Kier alpha value is -6.53. The van der Waals surface area contributed by atoms with Crippen molar-refractivity contribution in [2.75, 3.05) is 69.0 Å². The monoisotopic (exact) mass is 853 g/mol. The summed E-state index contributed by atoms with van der Waals surface area (Å²) in [6, 6.07) is 17.9. The standard InChI is InChI=1S/C44H46F3N9O6/c1-48-40(58)30-5-3-4-6-33(30)50-35-23-38(49-24-32(35)44(45,46)47)51-34-10-8-28(22-37(34)62-2)54-15-13-27(14-16-54)55-19-17-53(18-20-55)25-26-7-9-29-31(21-26)43(61)56(42(29)60)36-11-12-39(57)52-41(36)59/h3-10,21-24,27,36H,11-20,25H2,1-2H3,(H,48,58)(H2,49,50,51)(H,52,57,59). The third-order valence-electron chi connectivity index (χ3n) is 12.0. The minimum atomic E-state index is -4.71. The number of fused-ring (bicyclic) bond motifs is 1. The zero-order valence-electron chi connectivity index (χ0n) is 34.2. The van der Waals surface area contributed by atoms with Gasteiger partial charge in [-0.25, -0.2) is 4.98 Å². The van der Waals surface area contributed by atoms with Crippen LogP contribution in [-0.2, 0) is 22.3 Å². The second kappa shape index (κ2) is 17.4. The Morgan fingerprint density at radius 1 is 0.839 bits per heavy atom. The quantitative estimate of drug-likeness (QED) is 0.147. The van der Waals surface area contributed by atoms with E-state index in [1.807, 2.05) is 24.3 Å².